The summed E-state index contributed by atoms with van der Waals surface area (Å²) < 4.78 is 12.7. The van der Waals surface area contributed by atoms with Crippen LogP contribution in [0.2, 0.25) is 0 Å². The van der Waals surface area contributed by atoms with Crippen molar-refractivity contribution < 1.29 is 14.3 Å². The number of rotatable bonds is 0. The lowest BCUT2D eigenvalue weighted by atomic mass is 9.84. The van der Waals surface area contributed by atoms with Crippen LogP contribution in [0.3, 0.4) is 0 Å². The Labute approximate surface area is 160 Å². The molecule has 0 bridgehead atoms. The molecule has 1 unspecified atom stereocenters. The van der Waals surface area contributed by atoms with E-state index < -0.39 is 11.1 Å². The van der Waals surface area contributed by atoms with Crippen LogP contribution >= 0.6 is 27.5 Å². The standard InChI is InChI=1S/C19H19BrClNO3/c1-18(2,3)25-17(23)22-10-19(22)13-8-11(20)4-6-15(13)24-16-7-5-12(21)9-14(16)19/h4,6,8-9H,5,7,10H2,1-3H3. The third-order valence-electron chi connectivity index (χ3n) is 4.62. The summed E-state index contributed by atoms with van der Waals surface area (Å²) in [5.74, 6) is 1.68. The molecular weight excluding hydrogens is 406 g/mol. The van der Waals surface area contributed by atoms with Crippen molar-refractivity contribution in [1.82, 2.24) is 4.90 Å². The second kappa shape index (κ2) is 5.52. The normalized spacial score (nSPS) is 24.4. The summed E-state index contributed by atoms with van der Waals surface area (Å²) in [5, 5.41) is 0.788. The minimum atomic E-state index is -0.546. The SMILES string of the molecule is CC(C)(C)OC(=O)N1CC12C1=C(CCC(Cl)=C1)Oc1ccc(Br)cc12. The van der Waals surface area contributed by atoms with Gasteiger partial charge in [0.25, 0.3) is 0 Å². The summed E-state index contributed by atoms with van der Waals surface area (Å²) in [6.07, 6.45) is 3.13. The molecule has 1 aromatic carbocycles. The van der Waals surface area contributed by atoms with Gasteiger partial charge in [-0.15, -0.1) is 0 Å². The molecular formula is C19H19BrClNO3. The number of ether oxygens (including phenoxy) is 2. The Kier molecular flexibility index (Phi) is 3.75. The zero-order valence-electron chi connectivity index (χ0n) is 14.4. The lowest BCUT2D eigenvalue weighted by Crippen LogP contribution is -2.33. The minimum Gasteiger partial charge on any atom is -0.461 e. The fourth-order valence-electron chi connectivity index (χ4n) is 3.52. The van der Waals surface area contributed by atoms with Gasteiger partial charge >= 0.3 is 6.09 Å². The molecule has 132 valence electrons. The first-order valence-electron chi connectivity index (χ1n) is 8.29. The number of benzene rings is 1. The van der Waals surface area contributed by atoms with Crippen molar-refractivity contribution in [1.29, 1.82) is 0 Å². The van der Waals surface area contributed by atoms with E-state index in [9.17, 15) is 4.79 Å². The lowest BCUT2D eigenvalue weighted by Gasteiger charge is -2.32. The summed E-state index contributed by atoms with van der Waals surface area (Å²) in [4.78, 5) is 14.5. The Morgan fingerprint density at radius 2 is 2.12 bits per heavy atom. The van der Waals surface area contributed by atoms with Crippen LogP contribution in [0.1, 0.15) is 39.2 Å². The molecule has 6 heteroatoms. The second-order valence-corrected chi connectivity index (χ2v) is 9.00. The number of halogens is 2. The molecule has 1 saturated heterocycles. The fraction of sp³-hybridized carbons (Fsp3) is 0.421. The molecule has 1 aliphatic carbocycles. The number of nitrogens with zero attached hydrogens (tertiary/aromatic N) is 1. The highest BCUT2D eigenvalue weighted by atomic mass is 79.9. The van der Waals surface area contributed by atoms with Crippen molar-refractivity contribution in [3.8, 4) is 5.75 Å². The van der Waals surface area contributed by atoms with Gasteiger partial charge in [-0.1, -0.05) is 27.5 Å². The van der Waals surface area contributed by atoms with Crippen molar-refractivity contribution in [3.63, 3.8) is 0 Å². The van der Waals surface area contributed by atoms with Gasteiger partial charge in [0.15, 0.2) is 0 Å². The average molecular weight is 425 g/mol. The third-order valence-corrected chi connectivity index (χ3v) is 5.41. The predicted molar refractivity (Wildman–Crippen MR) is 99.6 cm³/mol. The molecule has 0 saturated carbocycles. The summed E-state index contributed by atoms with van der Waals surface area (Å²) >= 11 is 9.84. The van der Waals surface area contributed by atoms with E-state index in [1.165, 1.54) is 0 Å². The van der Waals surface area contributed by atoms with Gasteiger partial charge < -0.3 is 9.47 Å². The molecule has 1 fully saturated rings. The van der Waals surface area contributed by atoms with Crippen LogP contribution in [-0.2, 0) is 10.3 Å². The molecule has 0 radical (unpaired) electrons. The zero-order chi connectivity index (χ0) is 18.0. The lowest BCUT2D eigenvalue weighted by molar-refractivity contribution is 0.0385. The Morgan fingerprint density at radius 1 is 1.36 bits per heavy atom. The van der Waals surface area contributed by atoms with Crippen LogP contribution in [0.15, 0.2) is 45.1 Å². The Balaban J connectivity index is 1.81. The Bertz CT molecular complexity index is 840. The number of allylic oxidation sites excluding steroid dienone is 2. The maximum atomic E-state index is 12.7. The van der Waals surface area contributed by atoms with E-state index in [4.69, 9.17) is 21.1 Å². The predicted octanol–water partition coefficient (Wildman–Crippen LogP) is 5.46. The van der Waals surface area contributed by atoms with Gasteiger partial charge in [0, 0.05) is 27.1 Å². The van der Waals surface area contributed by atoms with Gasteiger partial charge in [-0.05, 0) is 51.5 Å². The Morgan fingerprint density at radius 3 is 2.84 bits per heavy atom. The first-order chi connectivity index (χ1) is 11.7. The van der Waals surface area contributed by atoms with E-state index in [2.05, 4.69) is 15.9 Å². The first kappa shape index (κ1) is 17.0. The van der Waals surface area contributed by atoms with Gasteiger partial charge in [0.05, 0.1) is 6.54 Å². The summed E-state index contributed by atoms with van der Waals surface area (Å²) in [7, 11) is 0. The van der Waals surface area contributed by atoms with Crippen LogP contribution in [0.5, 0.6) is 5.75 Å². The molecule has 1 atom stereocenters. The van der Waals surface area contributed by atoms with Crippen molar-refractivity contribution in [2.75, 3.05) is 6.54 Å². The topological polar surface area (TPSA) is 38.5 Å². The molecule has 25 heavy (non-hydrogen) atoms. The third kappa shape index (κ3) is 2.77. The van der Waals surface area contributed by atoms with E-state index in [0.29, 0.717) is 6.54 Å². The molecule has 1 amide bonds. The van der Waals surface area contributed by atoms with Crippen molar-refractivity contribution in [2.45, 2.75) is 44.8 Å². The highest BCUT2D eigenvalue weighted by molar-refractivity contribution is 9.10. The Hall–Kier alpha value is -1.46. The first-order valence-corrected chi connectivity index (χ1v) is 9.46. The van der Waals surface area contributed by atoms with Gasteiger partial charge in [-0.25, -0.2) is 4.79 Å². The summed E-state index contributed by atoms with van der Waals surface area (Å²) in [6, 6.07) is 5.90. The number of hydrogen-bond acceptors (Lipinski definition) is 3. The molecule has 3 aliphatic rings. The van der Waals surface area contributed by atoms with Crippen molar-refractivity contribution >= 4 is 33.6 Å². The maximum Gasteiger partial charge on any atom is 0.411 e. The van der Waals surface area contributed by atoms with Gasteiger partial charge in [0.1, 0.15) is 22.6 Å². The number of fused-ring (bicyclic) bond motifs is 3. The molecule has 1 aromatic rings. The molecule has 1 spiro atoms. The molecule has 0 N–H and O–H groups in total. The molecule has 4 nitrogen and oxygen atoms in total. The highest BCUT2D eigenvalue weighted by Gasteiger charge is 2.63. The van der Waals surface area contributed by atoms with Crippen molar-refractivity contribution in [3.05, 3.63) is 50.7 Å². The van der Waals surface area contributed by atoms with Crippen LogP contribution in [0.4, 0.5) is 4.79 Å². The van der Waals surface area contributed by atoms with E-state index in [1.54, 1.807) is 4.90 Å². The van der Waals surface area contributed by atoms with Crippen LogP contribution in [-0.4, -0.2) is 23.1 Å². The zero-order valence-corrected chi connectivity index (χ0v) is 16.7. The second-order valence-electron chi connectivity index (χ2n) is 7.60. The van der Waals surface area contributed by atoms with Crippen LogP contribution < -0.4 is 4.74 Å². The monoisotopic (exact) mass is 423 g/mol. The number of hydrogen-bond donors (Lipinski definition) is 0. The molecule has 2 aliphatic heterocycles. The van der Waals surface area contributed by atoms with Gasteiger partial charge in [0.2, 0.25) is 0 Å². The number of carbonyl (C=O) groups excluding carboxylic acids is 1. The van der Waals surface area contributed by atoms with Gasteiger partial charge in [-0.2, -0.15) is 0 Å². The quantitative estimate of drug-likeness (QED) is 0.519. The smallest absolute Gasteiger partial charge is 0.411 e. The van der Waals surface area contributed by atoms with Crippen LogP contribution in [0, 0.1) is 0 Å². The molecule has 0 aromatic heterocycles. The molecule has 2 heterocycles. The summed E-state index contributed by atoms with van der Waals surface area (Å²) in [6.45, 7) is 6.18. The largest absolute Gasteiger partial charge is 0.461 e. The highest BCUT2D eigenvalue weighted by Crippen LogP contribution is 2.58. The molecule has 4 rings (SSSR count). The van der Waals surface area contributed by atoms with E-state index in [-0.39, 0.29) is 6.09 Å². The maximum absolute atomic E-state index is 12.7. The van der Waals surface area contributed by atoms with E-state index in [0.717, 1.165) is 45.0 Å². The van der Waals surface area contributed by atoms with E-state index >= 15 is 0 Å². The number of carbonyl (C=O) groups is 1. The van der Waals surface area contributed by atoms with E-state index in [1.807, 2.05) is 45.0 Å². The van der Waals surface area contributed by atoms with Crippen molar-refractivity contribution in [2.24, 2.45) is 0 Å². The van der Waals surface area contributed by atoms with Gasteiger partial charge in [-0.3, -0.25) is 4.90 Å². The average Bonchev–Trinajstić information content (AvgIpc) is 3.24. The minimum absolute atomic E-state index is 0.317. The van der Waals surface area contributed by atoms with Crippen LogP contribution in [0.25, 0.3) is 0 Å². The summed E-state index contributed by atoms with van der Waals surface area (Å²) in [5.41, 5.74) is 0.855. The number of amides is 1. The fourth-order valence-corrected chi connectivity index (χ4v) is 4.08.